The van der Waals surface area contributed by atoms with Gasteiger partial charge >= 0.3 is 0 Å². The Bertz CT molecular complexity index is 566. The number of sulfonamides is 1. The van der Waals surface area contributed by atoms with Gasteiger partial charge in [-0.25, -0.2) is 8.42 Å². The highest BCUT2D eigenvalue weighted by Crippen LogP contribution is 2.19. The van der Waals surface area contributed by atoms with Gasteiger partial charge in [-0.3, -0.25) is 4.79 Å². The molecule has 0 spiro atoms. The van der Waals surface area contributed by atoms with Crippen LogP contribution in [0.1, 0.15) is 27.2 Å². The van der Waals surface area contributed by atoms with Crippen molar-refractivity contribution < 1.29 is 8.42 Å². The molecule has 0 radical (unpaired) electrons. The minimum atomic E-state index is -3.62. The zero-order valence-electron chi connectivity index (χ0n) is 10.6. The van der Waals surface area contributed by atoms with E-state index < -0.39 is 15.6 Å². The topological polar surface area (TPSA) is 70.2 Å². The number of nitrogens with zero attached hydrogens (tertiary/aromatic N) is 1. The van der Waals surface area contributed by atoms with Crippen LogP contribution in [-0.2, 0) is 10.0 Å². The van der Waals surface area contributed by atoms with Crippen LogP contribution in [0.15, 0.2) is 22.0 Å². The first kappa shape index (κ1) is 15.2. The summed E-state index contributed by atoms with van der Waals surface area (Å²) in [6.07, 6.45) is 1.89. The molecule has 0 aromatic carbocycles. The first-order chi connectivity index (χ1) is 8.30. The van der Waals surface area contributed by atoms with Crippen molar-refractivity contribution in [1.29, 1.82) is 0 Å². The van der Waals surface area contributed by atoms with Gasteiger partial charge < -0.3 is 4.98 Å². The molecule has 102 valence electrons. The van der Waals surface area contributed by atoms with E-state index >= 15 is 0 Å². The van der Waals surface area contributed by atoms with Crippen LogP contribution in [0.2, 0.25) is 5.02 Å². The Kier molecular flexibility index (Phi) is 4.95. The highest BCUT2D eigenvalue weighted by atomic mass is 35.5. The fourth-order valence-corrected chi connectivity index (χ4v) is 3.56. The Morgan fingerprint density at radius 2 is 2.06 bits per heavy atom. The molecule has 0 amide bonds. The van der Waals surface area contributed by atoms with Crippen molar-refractivity contribution in [2.75, 3.05) is 6.54 Å². The molecule has 0 fully saturated rings. The third-order valence-corrected chi connectivity index (χ3v) is 4.79. The van der Waals surface area contributed by atoms with Crippen LogP contribution in [0.3, 0.4) is 0 Å². The number of aromatic amines is 1. The number of hydrogen-bond acceptors (Lipinski definition) is 3. The van der Waals surface area contributed by atoms with E-state index in [1.54, 1.807) is 13.8 Å². The Labute approximate surface area is 112 Å². The summed E-state index contributed by atoms with van der Waals surface area (Å²) >= 11 is 5.65. The van der Waals surface area contributed by atoms with Crippen molar-refractivity contribution >= 4 is 21.6 Å². The summed E-state index contributed by atoms with van der Waals surface area (Å²) in [5.41, 5.74) is -0.498. The first-order valence-corrected chi connectivity index (χ1v) is 7.52. The molecule has 0 aliphatic carbocycles. The van der Waals surface area contributed by atoms with Crippen LogP contribution in [0, 0.1) is 0 Å². The van der Waals surface area contributed by atoms with Gasteiger partial charge in [0.1, 0.15) is 5.02 Å². The number of pyridine rings is 1. The summed E-state index contributed by atoms with van der Waals surface area (Å²) in [5.74, 6) is 0. The number of rotatable bonds is 5. The molecular formula is C11H17ClN2O3S. The van der Waals surface area contributed by atoms with Crippen LogP contribution in [0.25, 0.3) is 0 Å². The average Bonchev–Trinajstić information content (AvgIpc) is 2.28. The first-order valence-electron chi connectivity index (χ1n) is 5.70. The van der Waals surface area contributed by atoms with E-state index in [0.717, 1.165) is 0 Å². The van der Waals surface area contributed by atoms with E-state index in [9.17, 15) is 13.2 Å². The van der Waals surface area contributed by atoms with Gasteiger partial charge in [-0.15, -0.1) is 0 Å². The van der Waals surface area contributed by atoms with Crippen molar-refractivity contribution in [1.82, 2.24) is 9.29 Å². The minimum absolute atomic E-state index is 0.00856. The third-order valence-electron chi connectivity index (χ3n) is 2.46. The molecule has 0 unspecified atom stereocenters. The zero-order valence-corrected chi connectivity index (χ0v) is 12.2. The third kappa shape index (κ3) is 3.13. The Morgan fingerprint density at radius 3 is 2.50 bits per heavy atom. The molecule has 0 saturated carbocycles. The largest absolute Gasteiger partial charge is 0.326 e. The summed E-state index contributed by atoms with van der Waals surface area (Å²) in [7, 11) is -3.62. The Morgan fingerprint density at radius 1 is 1.44 bits per heavy atom. The van der Waals surface area contributed by atoms with Gasteiger partial charge in [-0.1, -0.05) is 18.5 Å². The molecule has 18 heavy (non-hydrogen) atoms. The molecule has 1 aromatic heterocycles. The van der Waals surface area contributed by atoms with Gasteiger partial charge in [0.05, 0.1) is 4.90 Å². The van der Waals surface area contributed by atoms with Crippen molar-refractivity contribution in [2.45, 2.75) is 38.1 Å². The molecule has 1 rings (SSSR count). The van der Waals surface area contributed by atoms with E-state index in [-0.39, 0.29) is 16.0 Å². The van der Waals surface area contributed by atoms with E-state index in [1.165, 1.54) is 16.6 Å². The van der Waals surface area contributed by atoms with Gasteiger partial charge in [-0.2, -0.15) is 4.31 Å². The molecule has 0 aliphatic rings. The predicted octanol–water partition coefficient (Wildman–Crippen LogP) is 1.84. The molecule has 1 N–H and O–H groups in total. The van der Waals surface area contributed by atoms with Crippen LogP contribution >= 0.6 is 11.6 Å². The van der Waals surface area contributed by atoms with Crippen molar-refractivity contribution in [3.8, 4) is 0 Å². The monoisotopic (exact) mass is 292 g/mol. The molecule has 0 atom stereocenters. The average molecular weight is 293 g/mol. The predicted molar refractivity (Wildman–Crippen MR) is 71.4 cm³/mol. The van der Waals surface area contributed by atoms with Gasteiger partial charge in [-0.05, 0) is 26.3 Å². The van der Waals surface area contributed by atoms with Crippen LogP contribution in [0.5, 0.6) is 0 Å². The lowest BCUT2D eigenvalue weighted by molar-refractivity contribution is 0.354. The van der Waals surface area contributed by atoms with Gasteiger partial charge in [0.2, 0.25) is 10.0 Å². The number of aromatic nitrogens is 1. The van der Waals surface area contributed by atoms with E-state index in [4.69, 9.17) is 11.6 Å². The summed E-state index contributed by atoms with van der Waals surface area (Å²) in [5, 5.41) is -0.128. The fraction of sp³-hybridized carbons (Fsp3) is 0.545. The summed E-state index contributed by atoms with van der Waals surface area (Å²) in [6, 6.07) is 1.03. The molecule has 5 nitrogen and oxygen atoms in total. The van der Waals surface area contributed by atoms with Gasteiger partial charge in [0.25, 0.3) is 5.56 Å². The second kappa shape index (κ2) is 5.86. The van der Waals surface area contributed by atoms with E-state index in [0.29, 0.717) is 13.0 Å². The smallest absolute Gasteiger partial charge is 0.266 e. The fourth-order valence-electron chi connectivity index (χ4n) is 1.60. The summed E-state index contributed by atoms with van der Waals surface area (Å²) in [6.45, 7) is 5.95. The van der Waals surface area contributed by atoms with Gasteiger partial charge in [0, 0.05) is 18.8 Å². The maximum atomic E-state index is 12.4. The van der Waals surface area contributed by atoms with E-state index in [1.807, 2.05) is 6.92 Å². The lowest BCUT2D eigenvalue weighted by Gasteiger charge is -2.25. The second-order valence-corrected chi connectivity index (χ2v) is 6.52. The summed E-state index contributed by atoms with van der Waals surface area (Å²) < 4.78 is 26.1. The van der Waals surface area contributed by atoms with Gasteiger partial charge in [0.15, 0.2) is 0 Å². The van der Waals surface area contributed by atoms with E-state index in [2.05, 4.69) is 4.98 Å². The normalized spacial score (nSPS) is 12.3. The van der Waals surface area contributed by atoms with Crippen LogP contribution < -0.4 is 5.56 Å². The Hall–Kier alpha value is -0.850. The summed E-state index contributed by atoms with van der Waals surface area (Å²) in [4.78, 5) is 13.5. The molecule has 0 aliphatic heterocycles. The molecule has 1 aromatic rings. The quantitative estimate of drug-likeness (QED) is 0.900. The molecule has 0 bridgehead atoms. The number of nitrogens with one attached hydrogen (secondary N) is 1. The number of hydrogen-bond donors (Lipinski definition) is 1. The maximum absolute atomic E-state index is 12.4. The number of H-pyrrole nitrogens is 1. The molecule has 1 heterocycles. The Balaban J connectivity index is 3.26. The molecule has 7 heteroatoms. The lowest BCUT2D eigenvalue weighted by Crippen LogP contribution is -2.37. The van der Waals surface area contributed by atoms with Crippen LogP contribution in [-0.4, -0.2) is 30.3 Å². The standard InChI is InChI=1S/C11H17ClN2O3S/c1-4-5-14(8(2)3)18(16,17)9-6-10(12)11(15)13-7-9/h6-8H,4-5H2,1-3H3,(H,13,15). The number of halogens is 1. The molecule has 0 saturated heterocycles. The SMILES string of the molecule is CCCN(C(C)C)S(=O)(=O)c1c[nH]c(=O)c(Cl)c1. The second-order valence-electron chi connectivity index (χ2n) is 4.22. The molecular weight excluding hydrogens is 276 g/mol. The zero-order chi connectivity index (χ0) is 13.9. The van der Waals surface area contributed by atoms with Crippen molar-refractivity contribution in [3.05, 3.63) is 27.6 Å². The van der Waals surface area contributed by atoms with Crippen molar-refractivity contribution in [2.24, 2.45) is 0 Å². The maximum Gasteiger partial charge on any atom is 0.266 e. The highest BCUT2D eigenvalue weighted by Gasteiger charge is 2.26. The minimum Gasteiger partial charge on any atom is -0.326 e. The highest BCUT2D eigenvalue weighted by molar-refractivity contribution is 7.89. The van der Waals surface area contributed by atoms with Crippen LogP contribution in [0.4, 0.5) is 0 Å². The van der Waals surface area contributed by atoms with Crippen molar-refractivity contribution in [3.63, 3.8) is 0 Å². The lowest BCUT2D eigenvalue weighted by atomic mass is 10.4.